The first-order valence-corrected chi connectivity index (χ1v) is 5.73. The molecule has 1 fully saturated rings. The van der Waals surface area contributed by atoms with Gasteiger partial charge in [0.05, 0.1) is 13.2 Å². The standard InChI is InChI=1S/C10H15ClN4O/c11-9-7-8(1-2-12)13-10(14-9)15-3-5-16-6-4-15/h7H,1-6,12H2. The number of rotatable bonds is 3. The molecule has 0 atom stereocenters. The first-order valence-electron chi connectivity index (χ1n) is 5.36. The normalized spacial score (nSPS) is 16.5. The molecule has 1 aliphatic heterocycles. The molecule has 6 heteroatoms. The lowest BCUT2D eigenvalue weighted by atomic mass is 10.3. The van der Waals surface area contributed by atoms with Crippen molar-refractivity contribution in [2.45, 2.75) is 6.42 Å². The Morgan fingerprint density at radius 3 is 2.81 bits per heavy atom. The van der Waals surface area contributed by atoms with Crippen molar-refractivity contribution in [1.82, 2.24) is 9.97 Å². The number of halogens is 1. The predicted octanol–water partition coefficient (Wildman–Crippen LogP) is 0.468. The Balaban J connectivity index is 2.18. The fraction of sp³-hybridized carbons (Fsp3) is 0.600. The van der Waals surface area contributed by atoms with E-state index in [4.69, 9.17) is 22.1 Å². The van der Waals surface area contributed by atoms with Gasteiger partial charge in [0.1, 0.15) is 5.15 Å². The molecule has 0 radical (unpaired) electrons. The van der Waals surface area contributed by atoms with Crippen molar-refractivity contribution in [3.8, 4) is 0 Å². The lowest BCUT2D eigenvalue weighted by molar-refractivity contribution is 0.122. The van der Waals surface area contributed by atoms with Crippen molar-refractivity contribution in [3.63, 3.8) is 0 Å². The fourth-order valence-electron chi connectivity index (χ4n) is 1.63. The average molecular weight is 243 g/mol. The van der Waals surface area contributed by atoms with Crippen molar-refractivity contribution in [1.29, 1.82) is 0 Å². The Kier molecular flexibility index (Phi) is 3.93. The highest BCUT2D eigenvalue weighted by molar-refractivity contribution is 6.29. The maximum absolute atomic E-state index is 5.96. The average Bonchev–Trinajstić information content (AvgIpc) is 2.30. The number of morpholine rings is 1. The molecule has 1 aromatic rings. The molecule has 2 rings (SSSR count). The molecule has 88 valence electrons. The molecule has 5 nitrogen and oxygen atoms in total. The minimum Gasteiger partial charge on any atom is -0.378 e. The van der Waals surface area contributed by atoms with Crippen LogP contribution in [0.1, 0.15) is 5.69 Å². The molecular weight excluding hydrogens is 228 g/mol. The summed E-state index contributed by atoms with van der Waals surface area (Å²) in [7, 11) is 0. The molecule has 16 heavy (non-hydrogen) atoms. The fourth-order valence-corrected chi connectivity index (χ4v) is 1.83. The molecule has 2 heterocycles. The highest BCUT2D eigenvalue weighted by Crippen LogP contribution is 2.15. The van der Waals surface area contributed by atoms with Gasteiger partial charge in [-0.05, 0) is 12.6 Å². The second-order valence-corrected chi connectivity index (χ2v) is 4.01. The first kappa shape index (κ1) is 11.6. The van der Waals surface area contributed by atoms with E-state index in [9.17, 15) is 0 Å². The zero-order chi connectivity index (χ0) is 11.4. The Morgan fingerprint density at radius 1 is 1.38 bits per heavy atom. The highest BCUT2D eigenvalue weighted by atomic mass is 35.5. The van der Waals surface area contributed by atoms with Crippen LogP contribution in [-0.2, 0) is 11.2 Å². The molecule has 0 amide bonds. The Labute approximate surface area is 99.6 Å². The number of hydrogen-bond donors (Lipinski definition) is 1. The molecule has 0 unspecified atom stereocenters. The summed E-state index contributed by atoms with van der Waals surface area (Å²) in [6.07, 6.45) is 0.722. The highest BCUT2D eigenvalue weighted by Gasteiger charge is 2.14. The van der Waals surface area contributed by atoms with Gasteiger partial charge < -0.3 is 15.4 Å². The van der Waals surface area contributed by atoms with E-state index in [-0.39, 0.29) is 0 Å². The Morgan fingerprint density at radius 2 is 2.12 bits per heavy atom. The van der Waals surface area contributed by atoms with Gasteiger partial charge in [0.15, 0.2) is 0 Å². The molecule has 0 saturated carbocycles. The largest absolute Gasteiger partial charge is 0.378 e. The number of nitrogens with two attached hydrogens (primary N) is 1. The first-order chi connectivity index (χ1) is 7.79. The van der Waals surface area contributed by atoms with Crippen LogP contribution in [0.2, 0.25) is 5.15 Å². The minimum atomic E-state index is 0.472. The van der Waals surface area contributed by atoms with Crippen LogP contribution >= 0.6 is 11.6 Å². The SMILES string of the molecule is NCCc1cc(Cl)nc(N2CCOCC2)n1. The van der Waals surface area contributed by atoms with Crippen LogP contribution in [0.3, 0.4) is 0 Å². The second-order valence-electron chi connectivity index (χ2n) is 3.62. The molecule has 0 aromatic carbocycles. The van der Waals surface area contributed by atoms with Crippen molar-refractivity contribution in [3.05, 3.63) is 16.9 Å². The van der Waals surface area contributed by atoms with Crippen LogP contribution in [-0.4, -0.2) is 42.8 Å². The monoisotopic (exact) mass is 242 g/mol. The number of aromatic nitrogens is 2. The van der Waals surface area contributed by atoms with Crippen molar-refractivity contribution < 1.29 is 4.74 Å². The van der Waals surface area contributed by atoms with Crippen molar-refractivity contribution in [2.24, 2.45) is 5.73 Å². The van der Waals surface area contributed by atoms with Gasteiger partial charge in [-0.25, -0.2) is 9.97 Å². The molecule has 1 aliphatic rings. The van der Waals surface area contributed by atoms with Gasteiger partial charge in [-0.1, -0.05) is 11.6 Å². The van der Waals surface area contributed by atoms with Gasteiger partial charge in [0, 0.05) is 25.2 Å². The number of anilines is 1. The lowest BCUT2D eigenvalue weighted by Crippen LogP contribution is -2.37. The zero-order valence-corrected chi connectivity index (χ0v) is 9.78. The van der Waals surface area contributed by atoms with Gasteiger partial charge in [0.2, 0.25) is 5.95 Å². The van der Waals surface area contributed by atoms with Gasteiger partial charge in [-0.3, -0.25) is 0 Å². The number of ether oxygens (including phenoxy) is 1. The third kappa shape index (κ3) is 2.81. The summed E-state index contributed by atoms with van der Waals surface area (Å²) in [5, 5.41) is 0.472. The van der Waals surface area contributed by atoms with Crippen LogP contribution in [0.25, 0.3) is 0 Å². The molecule has 0 spiro atoms. The lowest BCUT2D eigenvalue weighted by Gasteiger charge is -2.27. The molecule has 1 aromatic heterocycles. The summed E-state index contributed by atoms with van der Waals surface area (Å²) in [4.78, 5) is 10.7. The molecule has 2 N–H and O–H groups in total. The third-order valence-electron chi connectivity index (χ3n) is 2.43. The summed E-state index contributed by atoms with van der Waals surface area (Å²) in [5.41, 5.74) is 6.39. The quantitative estimate of drug-likeness (QED) is 0.781. The van der Waals surface area contributed by atoms with E-state index in [0.29, 0.717) is 30.9 Å². The third-order valence-corrected chi connectivity index (χ3v) is 2.62. The zero-order valence-electron chi connectivity index (χ0n) is 9.03. The van der Waals surface area contributed by atoms with Crippen LogP contribution in [0, 0.1) is 0 Å². The van der Waals surface area contributed by atoms with Gasteiger partial charge >= 0.3 is 0 Å². The number of hydrogen-bond acceptors (Lipinski definition) is 5. The molecule has 0 bridgehead atoms. The van der Waals surface area contributed by atoms with E-state index in [1.807, 2.05) is 0 Å². The second kappa shape index (κ2) is 5.43. The molecular formula is C10H15ClN4O. The maximum Gasteiger partial charge on any atom is 0.227 e. The van der Waals surface area contributed by atoms with E-state index < -0.39 is 0 Å². The number of nitrogens with zero attached hydrogens (tertiary/aromatic N) is 3. The van der Waals surface area contributed by atoms with Gasteiger partial charge in [-0.2, -0.15) is 0 Å². The molecule has 0 aliphatic carbocycles. The van der Waals surface area contributed by atoms with Crippen LogP contribution in [0.5, 0.6) is 0 Å². The van der Waals surface area contributed by atoms with E-state index in [0.717, 1.165) is 25.2 Å². The van der Waals surface area contributed by atoms with Crippen LogP contribution in [0.4, 0.5) is 5.95 Å². The van der Waals surface area contributed by atoms with E-state index in [1.54, 1.807) is 6.07 Å². The topological polar surface area (TPSA) is 64.3 Å². The van der Waals surface area contributed by atoms with Crippen molar-refractivity contribution >= 4 is 17.5 Å². The van der Waals surface area contributed by atoms with Gasteiger partial charge in [0.25, 0.3) is 0 Å². The van der Waals surface area contributed by atoms with Gasteiger partial charge in [-0.15, -0.1) is 0 Å². The maximum atomic E-state index is 5.96. The Bertz CT molecular complexity index is 355. The van der Waals surface area contributed by atoms with E-state index in [1.165, 1.54) is 0 Å². The summed E-state index contributed by atoms with van der Waals surface area (Å²) < 4.78 is 5.28. The predicted molar refractivity (Wildman–Crippen MR) is 62.8 cm³/mol. The van der Waals surface area contributed by atoms with E-state index >= 15 is 0 Å². The van der Waals surface area contributed by atoms with Crippen LogP contribution < -0.4 is 10.6 Å². The van der Waals surface area contributed by atoms with Crippen molar-refractivity contribution in [2.75, 3.05) is 37.7 Å². The molecule has 1 saturated heterocycles. The summed E-state index contributed by atoms with van der Waals surface area (Å²) >= 11 is 5.96. The van der Waals surface area contributed by atoms with Crippen LogP contribution in [0.15, 0.2) is 6.07 Å². The minimum absolute atomic E-state index is 0.472. The smallest absolute Gasteiger partial charge is 0.227 e. The Hall–Kier alpha value is -0.910. The summed E-state index contributed by atoms with van der Waals surface area (Å²) in [6.45, 7) is 3.60. The van der Waals surface area contributed by atoms with E-state index in [2.05, 4.69) is 14.9 Å². The summed E-state index contributed by atoms with van der Waals surface area (Å²) in [5.74, 6) is 0.680. The summed E-state index contributed by atoms with van der Waals surface area (Å²) in [6, 6.07) is 1.76.